The molecule has 0 spiro atoms. The average molecular weight is 369 g/mol. The maximum Gasteiger partial charge on any atom is 0.313 e. The van der Waals surface area contributed by atoms with Gasteiger partial charge in [-0.15, -0.1) is 0 Å². The smallest absolute Gasteiger partial charge is 0.313 e. The van der Waals surface area contributed by atoms with Gasteiger partial charge in [0.25, 0.3) is 0 Å². The molecule has 0 fully saturated rings. The van der Waals surface area contributed by atoms with Crippen molar-refractivity contribution in [2.45, 2.75) is 58.8 Å². The standard InChI is InChI=1S/C8H17.C2H4O2S.3CH3.Sn/c1-4-5-6-7-8(2)3;3-2(4)1-5;;;;/h8H,1,4-7H2,2-3H3;5H,1H2,(H,3,4);3*1H3;. The molecule has 0 saturated carbocycles. The van der Waals surface area contributed by atoms with Gasteiger partial charge in [0, 0.05) is 0 Å². The van der Waals surface area contributed by atoms with E-state index < -0.39 is 24.3 Å². The number of thiol groups is 1. The molecular formula is C13H30O2SSn. The minimum absolute atomic E-state index is 0.0833. The van der Waals surface area contributed by atoms with E-state index in [0.717, 1.165) is 5.92 Å². The van der Waals surface area contributed by atoms with Crippen LogP contribution in [0.1, 0.15) is 39.5 Å². The molecule has 0 bridgehead atoms. The summed E-state index contributed by atoms with van der Waals surface area (Å²) in [5, 5.41) is 7.65. The van der Waals surface area contributed by atoms with Gasteiger partial charge >= 0.3 is 89.1 Å². The molecule has 0 aliphatic rings. The van der Waals surface area contributed by atoms with Crippen molar-refractivity contribution in [3.63, 3.8) is 0 Å². The predicted octanol–water partition coefficient (Wildman–Crippen LogP) is 4.54. The average Bonchev–Trinajstić information content (AvgIpc) is 2.16. The quantitative estimate of drug-likeness (QED) is 0.393. The van der Waals surface area contributed by atoms with Crippen LogP contribution in [0.2, 0.25) is 19.3 Å². The second-order valence-electron chi connectivity index (χ2n) is 6.11. The molecule has 17 heavy (non-hydrogen) atoms. The molecule has 0 aromatic heterocycles. The Hall–Kier alpha value is 0.619. The van der Waals surface area contributed by atoms with Crippen LogP contribution in [-0.2, 0) is 4.79 Å². The van der Waals surface area contributed by atoms with Crippen molar-refractivity contribution in [3.8, 4) is 0 Å². The molecular weight excluding hydrogens is 339 g/mol. The summed E-state index contributed by atoms with van der Waals surface area (Å²) in [6, 6.07) is 0. The molecule has 0 unspecified atom stereocenters. The van der Waals surface area contributed by atoms with Gasteiger partial charge in [0.05, 0.1) is 5.75 Å². The van der Waals surface area contributed by atoms with Gasteiger partial charge in [-0.3, -0.25) is 4.79 Å². The maximum atomic E-state index is 9.29. The van der Waals surface area contributed by atoms with Crippen LogP contribution in [-0.4, -0.2) is 35.2 Å². The van der Waals surface area contributed by atoms with E-state index in [1.807, 2.05) is 0 Å². The van der Waals surface area contributed by atoms with E-state index in [-0.39, 0.29) is 5.75 Å². The fourth-order valence-electron chi connectivity index (χ4n) is 1.38. The first-order valence-corrected chi connectivity index (χ1v) is 17.7. The SMILES string of the molecule is CC(C)CCCC[CH2][Sn]([CH3])([CH3])[CH3].O=C(O)CS. The van der Waals surface area contributed by atoms with E-state index in [2.05, 4.69) is 41.3 Å². The molecule has 0 rings (SSSR count). The number of carboxylic acid groups (broad SMARTS) is 1. The number of carbonyl (C=O) groups is 1. The molecule has 0 amide bonds. The normalized spacial score (nSPS) is 11.0. The van der Waals surface area contributed by atoms with Crippen molar-refractivity contribution in [2.75, 3.05) is 5.75 Å². The third-order valence-electron chi connectivity index (χ3n) is 2.34. The van der Waals surface area contributed by atoms with E-state index in [1.54, 1.807) is 4.44 Å². The van der Waals surface area contributed by atoms with Crippen LogP contribution >= 0.6 is 12.6 Å². The minimum atomic E-state index is -1.39. The molecule has 0 aliphatic heterocycles. The summed E-state index contributed by atoms with van der Waals surface area (Å²) in [5.74, 6) is -0.0588. The van der Waals surface area contributed by atoms with Gasteiger partial charge in [-0.1, -0.05) is 0 Å². The number of unbranched alkanes of at least 4 members (excludes halogenated alkanes) is 2. The summed E-state index contributed by atoms with van der Waals surface area (Å²) >= 11 is 2.03. The number of hydrogen-bond donors (Lipinski definition) is 2. The Balaban J connectivity index is 0. The van der Waals surface area contributed by atoms with E-state index in [1.165, 1.54) is 25.7 Å². The molecule has 0 aromatic carbocycles. The molecule has 0 heterocycles. The van der Waals surface area contributed by atoms with Crippen LogP contribution in [0.25, 0.3) is 0 Å². The Morgan fingerprint density at radius 1 is 1.18 bits per heavy atom. The van der Waals surface area contributed by atoms with Crippen LogP contribution in [0.4, 0.5) is 0 Å². The first kappa shape index (κ1) is 19.9. The second kappa shape index (κ2) is 11.7. The molecule has 104 valence electrons. The van der Waals surface area contributed by atoms with Crippen LogP contribution < -0.4 is 0 Å². The number of hydrogen-bond acceptors (Lipinski definition) is 2. The topological polar surface area (TPSA) is 37.3 Å². The molecule has 0 atom stereocenters. The summed E-state index contributed by atoms with van der Waals surface area (Å²) < 4.78 is 1.59. The largest absolute Gasteiger partial charge is 0.481 e. The van der Waals surface area contributed by atoms with E-state index in [9.17, 15) is 4.79 Å². The van der Waals surface area contributed by atoms with E-state index >= 15 is 0 Å². The van der Waals surface area contributed by atoms with Crippen molar-refractivity contribution >= 4 is 37.0 Å². The van der Waals surface area contributed by atoms with Crippen LogP contribution in [0.15, 0.2) is 0 Å². The summed E-state index contributed by atoms with van der Waals surface area (Å²) in [4.78, 5) is 16.9. The van der Waals surface area contributed by atoms with Crippen molar-refractivity contribution in [3.05, 3.63) is 0 Å². The first-order chi connectivity index (χ1) is 7.69. The van der Waals surface area contributed by atoms with Gasteiger partial charge in [-0.05, 0) is 0 Å². The number of aliphatic carboxylic acids is 1. The zero-order chi connectivity index (χ0) is 13.9. The molecule has 0 radical (unpaired) electrons. The summed E-state index contributed by atoms with van der Waals surface area (Å²) in [5.41, 5.74) is 0. The molecule has 2 nitrogen and oxygen atoms in total. The predicted molar refractivity (Wildman–Crippen MR) is 82.9 cm³/mol. The molecule has 1 N–H and O–H groups in total. The second-order valence-corrected chi connectivity index (χ2v) is 22.5. The Morgan fingerprint density at radius 2 is 1.65 bits per heavy atom. The molecule has 0 aromatic rings. The first-order valence-electron chi connectivity index (χ1n) is 6.51. The summed E-state index contributed by atoms with van der Waals surface area (Å²) in [6.45, 7) is 4.64. The Morgan fingerprint density at radius 3 is 1.94 bits per heavy atom. The van der Waals surface area contributed by atoms with Gasteiger partial charge in [0.2, 0.25) is 0 Å². The van der Waals surface area contributed by atoms with Gasteiger partial charge in [-0.2, -0.15) is 12.6 Å². The van der Waals surface area contributed by atoms with Gasteiger partial charge in [0.1, 0.15) is 0 Å². The van der Waals surface area contributed by atoms with Gasteiger partial charge in [-0.25, -0.2) is 0 Å². The van der Waals surface area contributed by atoms with Crippen molar-refractivity contribution in [1.29, 1.82) is 0 Å². The van der Waals surface area contributed by atoms with Crippen molar-refractivity contribution < 1.29 is 9.90 Å². The summed E-state index contributed by atoms with van der Waals surface area (Å²) in [6.07, 6.45) is 5.87. The zero-order valence-corrected chi connectivity index (χ0v) is 15.9. The summed E-state index contributed by atoms with van der Waals surface area (Å²) in [7, 11) is 0. The number of rotatable bonds is 7. The van der Waals surface area contributed by atoms with Crippen molar-refractivity contribution in [2.24, 2.45) is 5.92 Å². The molecule has 0 aliphatic carbocycles. The number of carboxylic acids is 1. The zero-order valence-electron chi connectivity index (χ0n) is 12.1. The Bertz CT molecular complexity index is 188. The van der Waals surface area contributed by atoms with E-state index in [4.69, 9.17) is 5.11 Å². The molecule has 0 saturated heterocycles. The fraction of sp³-hybridized carbons (Fsp3) is 0.923. The third-order valence-corrected chi connectivity index (χ3v) is 7.90. The minimum Gasteiger partial charge on any atom is -0.481 e. The van der Waals surface area contributed by atoms with Crippen LogP contribution in [0.3, 0.4) is 0 Å². The van der Waals surface area contributed by atoms with Crippen LogP contribution in [0.5, 0.6) is 0 Å². The Labute approximate surface area is 117 Å². The molecule has 4 heteroatoms. The monoisotopic (exact) mass is 370 g/mol. The third kappa shape index (κ3) is 26.3. The van der Waals surface area contributed by atoms with E-state index in [0.29, 0.717) is 0 Å². The fourth-order valence-corrected chi connectivity index (χ4v) is 5.13. The van der Waals surface area contributed by atoms with Gasteiger partial charge < -0.3 is 5.11 Å². The van der Waals surface area contributed by atoms with Crippen LogP contribution in [0, 0.1) is 5.92 Å². The van der Waals surface area contributed by atoms with Crippen molar-refractivity contribution in [1.82, 2.24) is 0 Å². The Kier molecular flexibility index (Phi) is 13.7. The maximum absolute atomic E-state index is 9.29. The van der Waals surface area contributed by atoms with Gasteiger partial charge in [0.15, 0.2) is 0 Å².